The number of thiazole rings is 1. The molecule has 4 aromatic heterocycles. The van der Waals surface area contributed by atoms with Crippen LogP contribution in [0.3, 0.4) is 0 Å². The van der Waals surface area contributed by atoms with Gasteiger partial charge in [-0.25, -0.2) is 9.97 Å². The summed E-state index contributed by atoms with van der Waals surface area (Å²) in [5.41, 5.74) is 4.48. The Bertz CT molecular complexity index is 1600. The predicted octanol–water partition coefficient (Wildman–Crippen LogP) is 7.21. The normalized spacial score (nSPS) is 14.8. The number of ether oxygens (including phenoxy) is 1. The number of hydrogen-bond donors (Lipinski definition) is 0. The Morgan fingerprint density at radius 1 is 1.05 bits per heavy atom. The number of imidazole rings is 1. The number of fused-ring (bicyclic) bond motifs is 3. The van der Waals surface area contributed by atoms with Crippen molar-refractivity contribution in [3.8, 4) is 17.1 Å². The van der Waals surface area contributed by atoms with Crippen molar-refractivity contribution in [3.63, 3.8) is 0 Å². The molecule has 1 saturated carbocycles. The molecule has 4 heterocycles. The Labute approximate surface area is 232 Å². The number of carbonyl (C=O) groups is 1. The molecule has 0 radical (unpaired) electrons. The molecular weight excluding hydrogens is 508 g/mol. The summed E-state index contributed by atoms with van der Waals surface area (Å²) in [5.74, 6) is 2.25. The third-order valence-corrected chi connectivity index (χ3v) is 8.42. The lowest BCUT2D eigenvalue weighted by molar-refractivity contribution is -0.117. The summed E-state index contributed by atoms with van der Waals surface area (Å²) in [4.78, 5) is 24.1. The van der Waals surface area contributed by atoms with E-state index in [9.17, 15) is 4.79 Å². The summed E-state index contributed by atoms with van der Waals surface area (Å²) >= 11 is 1.57. The molecule has 0 unspecified atom stereocenters. The van der Waals surface area contributed by atoms with Gasteiger partial charge in [0.25, 0.3) is 0 Å². The minimum Gasteiger partial charge on any atom is -0.477 e. The first-order chi connectivity index (χ1) is 18.8. The molecule has 39 heavy (non-hydrogen) atoms. The Hall–Kier alpha value is -3.52. The number of nitrogens with zero attached hydrogens (tertiary/aromatic N) is 4. The highest BCUT2D eigenvalue weighted by Gasteiger charge is 2.21. The molecule has 1 fully saturated rings. The van der Waals surface area contributed by atoms with Crippen molar-refractivity contribution in [1.29, 1.82) is 0 Å². The molecular formula is C31H34N4O3S. The highest BCUT2D eigenvalue weighted by molar-refractivity contribution is 7.23. The quantitative estimate of drug-likeness (QED) is 0.206. The lowest BCUT2D eigenvalue weighted by Gasteiger charge is -2.21. The molecule has 202 valence electrons. The van der Waals surface area contributed by atoms with Crippen molar-refractivity contribution in [3.05, 3.63) is 65.7 Å². The molecule has 0 spiro atoms. The fraction of sp³-hybridized carbons (Fsp3) is 0.419. The fourth-order valence-corrected chi connectivity index (χ4v) is 6.15. The molecule has 0 saturated heterocycles. The predicted molar refractivity (Wildman–Crippen MR) is 153 cm³/mol. The van der Waals surface area contributed by atoms with Crippen LogP contribution in [0.25, 0.3) is 26.6 Å². The van der Waals surface area contributed by atoms with Crippen molar-refractivity contribution in [2.75, 3.05) is 6.61 Å². The van der Waals surface area contributed by atoms with Crippen LogP contribution in [0, 0.1) is 5.92 Å². The van der Waals surface area contributed by atoms with E-state index in [4.69, 9.17) is 19.2 Å². The van der Waals surface area contributed by atoms with Gasteiger partial charge >= 0.3 is 0 Å². The summed E-state index contributed by atoms with van der Waals surface area (Å²) in [6, 6.07) is 14.0. The summed E-state index contributed by atoms with van der Waals surface area (Å²) in [5, 5.41) is 4.07. The highest BCUT2D eigenvalue weighted by atomic mass is 32.1. The SMILES string of the molecule is CC(C)(C)c1cc(CC(=O)Cc2ccc(-c3cn4c(n3)sc3nc(OCC5CCCCC5)ccc34)cc2)no1. The van der Waals surface area contributed by atoms with Crippen LogP contribution in [0.5, 0.6) is 5.88 Å². The minimum atomic E-state index is -0.125. The smallest absolute Gasteiger partial charge is 0.214 e. The second-order valence-corrected chi connectivity index (χ2v) is 12.6. The Morgan fingerprint density at radius 2 is 1.85 bits per heavy atom. The first kappa shape index (κ1) is 25.7. The van der Waals surface area contributed by atoms with E-state index in [1.807, 2.05) is 36.4 Å². The van der Waals surface area contributed by atoms with Gasteiger partial charge in [0, 0.05) is 35.7 Å². The lowest BCUT2D eigenvalue weighted by atomic mass is 9.90. The maximum Gasteiger partial charge on any atom is 0.214 e. The third-order valence-electron chi connectivity index (χ3n) is 7.45. The lowest BCUT2D eigenvalue weighted by Crippen LogP contribution is -2.15. The molecule has 0 atom stereocenters. The zero-order valence-electron chi connectivity index (χ0n) is 22.8. The van der Waals surface area contributed by atoms with Gasteiger partial charge in [-0.3, -0.25) is 9.20 Å². The van der Waals surface area contributed by atoms with Crippen molar-refractivity contribution < 1.29 is 14.1 Å². The molecule has 7 nitrogen and oxygen atoms in total. The van der Waals surface area contributed by atoms with Crippen LogP contribution in [-0.4, -0.2) is 31.9 Å². The van der Waals surface area contributed by atoms with Gasteiger partial charge in [-0.15, -0.1) is 0 Å². The standard InChI is InChI=1S/C31H34N4O3S/c1-31(2,3)27-17-23(34-38-27)16-24(36)15-20-9-11-22(12-10-20)25-18-35-26-13-14-28(33-29(26)39-30(35)32-25)37-19-21-7-5-4-6-8-21/h9-14,17-18,21H,4-8,15-16,19H2,1-3H3. The first-order valence-electron chi connectivity index (χ1n) is 13.8. The Morgan fingerprint density at radius 3 is 2.59 bits per heavy atom. The van der Waals surface area contributed by atoms with Crippen LogP contribution in [0.2, 0.25) is 0 Å². The summed E-state index contributed by atoms with van der Waals surface area (Å²) in [7, 11) is 0. The van der Waals surface area contributed by atoms with Gasteiger partial charge in [0.2, 0.25) is 5.88 Å². The molecule has 0 amide bonds. The van der Waals surface area contributed by atoms with Gasteiger partial charge in [0.1, 0.15) is 16.4 Å². The van der Waals surface area contributed by atoms with E-state index in [0.717, 1.165) is 44.5 Å². The summed E-state index contributed by atoms with van der Waals surface area (Å²) < 4.78 is 13.5. The van der Waals surface area contributed by atoms with E-state index in [0.29, 0.717) is 23.9 Å². The molecule has 0 bridgehead atoms. The summed E-state index contributed by atoms with van der Waals surface area (Å²) in [6.07, 6.45) is 9.18. The maximum absolute atomic E-state index is 12.6. The van der Waals surface area contributed by atoms with Crippen molar-refractivity contribution in [2.45, 2.75) is 71.1 Å². The number of aromatic nitrogens is 4. The van der Waals surface area contributed by atoms with E-state index in [2.05, 4.69) is 42.6 Å². The number of pyridine rings is 1. The molecule has 0 aliphatic heterocycles. The third kappa shape index (κ3) is 5.76. The zero-order valence-corrected chi connectivity index (χ0v) is 23.6. The van der Waals surface area contributed by atoms with Crippen molar-refractivity contribution in [2.24, 2.45) is 5.92 Å². The van der Waals surface area contributed by atoms with Gasteiger partial charge in [-0.05, 0) is 30.4 Å². The van der Waals surface area contributed by atoms with Gasteiger partial charge < -0.3 is 9.26 Å². The Balaban J connectivity index is 1.10. The van der Waals surface area contributed by atoms with Crippen molar-refractivity contribution >= 4 is 32.4 Å². The largest absolute Gasteiger partial charge is 0.477 e. The number of carbonyl (C=O) groups excluding carboxylic acids is 1. The molecule has 0 N–H and O–H groups in total. The van der Waals surface area contributed by atoms with Crippen LogP contribution >= 0.6 is 11.3 Å². The zero-order chi connectivity index (χ0) is 27.0. The van der Waals surface area contributed by atoms with Crippen LogP contribution in [-0.2, 0) is 23.1 Å². The molecule has 1 aromatic carbocycles. The fourth-order valence-electron chi connectivity index (χ4n) is 5.18. The van der Waals surface area contributed by atoms with Gasteiger partial charge in [-0.2, -0.15) is 0 Å². The number of benzene rings is 1. The second kappa shape index (κ2) is 10.6. The highest BCUT2D eigenvalue weighted by Crippen LogP contribution is 2.31. The van der Waals surface area contributed by atoms with Crippen LogP contribution in [0.1, 0.15) is 69.9 Å². The van der Waals surface area contributed by atoms with E-state index in [1.165, 1.54) is 32.1 Å². The monoisotopic (exact) mass is 542 g/mol. The van der Waals surface area contributed by atoms with Gasteiger partial charge in [0.15, 0.2) is 4.96 Å². The maximum atomic E-state index is 12.6. The van der Waals surface area contributed by atoms with E-state index in [1.54, 1.807) is 11.3 Å². The number of ketones is 1. The molecule has 1 aliphatic rings. The van der Waals surface area contributed by atoms with Crippen molar-refractivity contribution in [1.82, 2.24) is 19.5 Å². The van der Waals surface area contributed by atoms with Crippen LogP contribution < -0.4 is 4.74 Å². The van der Waals surface area contributed by atoms with Gasteiger partial charge in [-0.1, -0.05) is 80.8 Å². The summed E-state index contributed by atoms with van der Waals surface area (Å²) in [6.45, 7) is 6.95. The average Bonchev–Trinajstić information content (AvgIpc) is 3.63. The van der Waals surface area contributed by atoms with E-state index in [-0.39, 0.29) is 17.6 Å². The average molecular weight is 543 g/mol. The molecule has 1 aliphatic carbocycles. The van der Waals surface area contributed by atoms with Crippen LogP contribution in [0.4, 0.5) is 0 Å². The number of rotatable bonds is 8. The van der Waals surface area contributed by atoms with E-state index < -0.39 is 0 Å². The van der Waals surface area contributed by atoms with E-state index >= 15 is 0 Å². The number of hydrogen-bond acceptors (Lipinski definition) is 7. The molecule has 8 heteroatoms. The van der Waals surface area contributed by atoms with Crippen LogP contribution in [0.15, 0.2) is 53.2 Å². The van der Waals surface area contributed by atoms with Gasteiger partial charge in [0.05, 0.1) is 29.9 Å². The Kier molecular flexibility index (Phi) is 6.97. The second-order valence-electron chi connectivity index (χ2n) is 11.7. The first-order valence-corrected chi connectivity index (χ1v) is 14.6. The topological polar surface area (TPSA) is 82.5 Å². The molecule has 5 aromatic rings. The number of Topliss-reactive ketones (excluding diaryl/α,β-unsaturated/α-hetero) is 1. The minimum absolute atomic E-state index is 0.111. The molecule has 6 rings (SSSR count).